The van der Waals surface area contributed by atoms with Crippen LogP contribution < -0.4 is 16.2 Å². The summed E-state index contributed by atoms with van der Waals surface area (Å²) in [5.41, 5.74) is 2.09. The summed E-state index contributed by atoms with van der Waals surface area (Å²) in [5, 5.41) is 5.85. The third-order valence-corrected chi connectivity index (χ3v) is 4.75. The lowest BCUT2D eigenvalue weighted by Gasteiger charge is -2.12. The number of carbonyl (C=O) groups excluding carboxylic acids is 1. The van der Waals surface area contributed by atoms with Gasteiger partial charge in [0, 0.05) is 25.4 Å². The molecule has 5 heteroatoms. The van der Waals surface area contributed by atoms with E-state index in [1.54, 1.807) is 22.9 Å². The molecule has 1 aliphatic rings. The zero-order valence-corrected chi connectivity index (χ0v) is 14.4. The van der Waals surface area contributed by atoms with Crippen LogP contribution in [0.1, 0.15) is 36.8 Å². The van der Waals surface area contributed by atoms with Gasteiger partial charge in [0.2, 0.25) is 0 Å². The van der Waals surface area contributed by atoms with Crippen molar-refractivity contribution < 1.29 is 4.79 Å². The molecule has 132 valence electrons. The summed E-state index contributed by atoms with van der Waals surface area (Å²) in [5.74, 6) is 0.645. The highest BCUT2D eigenvalue weighted by Crippen LogP contribution is 2.23. The lowest BCUT2D eigenvalue weighted by molar-refractivity contribution is 0.238. The highest BCUT2D eigenvalue weighted by Gasteiger charge is 2.15. The van der Waals surface area contributed by atoms with E-state index in [9.17, 15) is 9.59 Å². The number of nitrogens with zero attached hydrogens (tertiary/aromatic N) is 1. The van der Waals surface area contributed by atoms with Crippen LogP contribution in [-0.2, 0) is 13.1 Å². The van der Waals surface area contributed by atoms with Gasteiger partial charge in [0.25, 0.3) is 5.56 Å². The van der Waals surface area contributed by atoms with Crippen molar-refractivity contribution in [3.63, 3.8) is 0 Å². The second kappa shape index (κ2) is 8.51. The van der Waals surface area contributed by atoms with Gasteiger partial charge in [-0.2, -0.15) is 0 Å². The van der Waals surface area contributed by atoms with Crippen LogP contribution in [0.5, 0.6) is 0 Å². The average molecular weight is 339 g/mol. The number of benzene rings is 1. The molecule has 2 aromatic rings. The van der Waals surface area contributed by atoms with Gasteiger partial charge in [-0.05, 0) is 36.0 Å². The van der Waals surface area contributed by atoms with E-state index in [4.69, 9.17) is 0 Å². The van der Waals surface area contributed by atoms with Gasteiger partial charge in [0.15, 0.2) is 0 Å². The Balaban J connectivity index is 1.45. The Morgan fingerprint density at radius 1 is 1.00 bits per heavy atom. The normalized spacial score (nSPS) is 14.4. The maximum atomic E-state index is 11.9. The van der Waals surface area contributed by atoms with Gasteiger partial charge in [-0.1, -0.05) is 43.2 Å². The molecule has 0 aliphatic heterocycles. The monoisotopic (exact) mass is 339 g/mol. The fourth-order valence-electron chi connectivity index (χ4n) is 3.25. The largest absolute Gasteiger partial charge is 0.338 e. The molecule has 1 aromatic carbocycles. The summed E-state index contributed by atoms with van der Waals surface area (Å²) in [4.78, 5) is 23.6. The Morgan fingerprint density at radius 2 is 1.72 bits per heavy atom. The molecule has 2 N–H and O–H groups in total. The van der Waals surface area contributed by atoms with Crippen LogP contribution in [0.2, 0.25) is 0 Å². The summed E-state index contributed by atoms with van der Waals surface area (Å²) in [6.07, 6.45) is 6.82. The van der Waals surface area contributed by atoms with Crippen LogP contribution in [0, 0.1) is 5.92 Å². The molecule has 0 spiro atoms. The number of urea groups is 1. The second-order valence-corrected chi connectivity index (χ2v) is 6.70. The predicted octanol–water partition coefficient (Wildman–Crippen LogP) is 2.89. The Bertz CT molecular complexity index is 746. The minimum absolute atomic E-state index is 0.00724. The number of aromatic nitrogens is 1. The summed E-state index contributed by atoms with van der Waals surface area (Å²) >= 11 is 0. The lowest BCUT2D eigenvalue weighted by atomic mass is 10.1. The average Bonchev–Trinajstić information content (AvgIpc) is 3.15. The molecule has 1 fully saturated rings. The minimum Gasteiger partial charge on any atom is -0.338 e. The van der Waals surface area contributed by atoms with E-state index in [1.807, 2.05) is 30.3 Å². The molecule has 1 aromatic heterocycles. The zero-order chi connectivity index (χ0) is 17.5. The lowest BCUT2D eigenvalue weighted by Crippen LogP contribution is -2.37. The van der Waals surface area contributed by atoms with Crippen molar-refractivity contribution in [1.29, 1.82) is 0 Å². The highest BCUT2D eigenvalue weighted by molar-refractivity contribution is 5.73. The molecule has 0 atom stereocenters. The minimum atomic E-state index is -0.105. The molecule has 1 aliphatic carbocycles. The summed E-state index contributed by atoms with van der Waals surface area (Å²) in [7, 11) is 0. The summed E-state index contributed by atoms with van der Waals surface area (Å²) in [6.45, 7) is 1.83. The first-order valence-corrected chi connectivity index (χ1v) is 8.96. The van der Waals surface area contributed by atoms with Gasteiger partial charge in [0.05, 0.1) is 6.54 Å². The van der Waals surface area contributed by atoms with E-state index in [0.717, 1.165) is 17.7 Å². The number of amides is 2. The first kappa shape index (κ1) is 17.3. The third-order valence-electron chi connectivity index (χ3n) is 4.75. The molecule has 2 amide bonds. The zero-order valence-electron chi connectivity index (χ0n) is 14.4. The molecule has 1 saturated carbocycles. The Labute approximate surface area is 148 Å². The van der Waals surface area contributed by atoms with Crippen molar-refractivity contribution in [2.75, 3.05) is 6.54 Å². The smallest absolute Gasteiger partial charge is 0.315 e. The Morgan fingerprint density at radius 3 is 2.44 bits per heavy atom. The van der Waals surface area contributed by atoms with Crippen LogP contribution in [0.25, 0.3) is 0 Å². The number of pyridine rings is 1. The molecular formula is C20H25N3O2. The molecule has 0 radical (unpaired) electrons. The molecule has 5 nitrogen and oxygen atoms in total. The van der Waals surface area contributed by atoms with E-state index in [-0.39, 0.29) is 11.6 Å². The Kier molecular flexibility index (Phi) is 5.88. The fourth-order valence-corrected chi connectivity index (χ4v) is 3.25. The second-order valence-electron chi connectivity index (χ2n) is 6.70. The van der Waals surface area contributed by atoms with E-state index in [2.05, 4.69) is 10.6 Å². The Hall–Kier alpha value is -2.56. The van der Waals surface area contributed by atoms with Crippen molar-refractivity contribution in [2.45, 2.75) is 38.8 Å². The van der Waals surface area contributed by atoms with Crippen molar-refractivity contribution >= 4 is 6.03 Å². The summed E-state index contributed by atoms with van der Waals surface area (Å²) < 4.78 is 1.67. The highest BCUT2D eigenvalue weighted by atomic mass is 16.2. The van der Waals surface area contributed by atoms with Gasteiger partial charge in [-0.3, -0.25) is 4.79 Å². The van der Waals surface area contributed by atoms with Crippen molar-refractivity contribution in [2.24, 2.45) is 5.92 Å². The van der Waals surface area contributed by atoms with Gasteiger partial charge in [0.1, 0.15) is 0 Å². The first-order chi connectivity index (χ1) is 12.2. The first-order valence-electron chi connectivity index (χ1n) is 8.96. The van der Waals surface area contributed by atoms with Crippen LogP contribution in [0.3, 0.4) is 0 Å². The SMILES string of the molecule is O=C(NCc1ccc(Cn2ccccc2=O)cc1)NCC1CCCC1. The maximum absolute atomic E-state index is 11.9. The number of nitrogens with one attached hydrogen (secondary N) is 2. The van der Waals surface area contributed by atoms with Crippen LogP contribution in [-0.4, -0.2) is 17.1 Å². The fraction of sp³-hybridized carbons (Fsp3) is 0.400. The third kappa shape index (κ3) is 5.21. The van der Waals surface area contributed by atoms with Gasteiger partial charge >= 0.3 is 6.03 Å². The molecule has 1 heterocycles. The predicted molar refractivity (Wildman–Crippen MR) is 98.4 cm³/mol. The van der Waals surface area contributed by atoms with E-state index >= 15 is 0 Å². The molecule has 0 unspecified atom stereocenters. The quantitative estimate of drug-likeness (QED) is 0.850. The number of carbonyl (C=O) groups is 1. The number of hydrogen-bond acceptors (Lipinski definition) is 2. The maximum Gasteiger partial charge on any atom is 0.315 e. The molecule has 3 rings (SSSR count). The number of rotatable bonds is 6. The van der Waals surface area contributed by atoms with E-state index in [1.165, 1.54) is 25.7 Å². The van der Waals surface area contributed by atoms with Gasteiger partial charge in [-0.25, -0.2) is 4.79 Å². The standard InChI is InChI=1S/C20H25N3O2/c24-19-7-3-4-12-23(19)15-18-10-8-17(9-11-18)14-22-20(25)21-13-16-5-1-2-6-16/h3-4,7-12,16H,1-2,5-6,13-15H2,(H2,21,22,25). The van der Waals surface area contributed by atoms with E-state index in [0.29, 0.717) is 19.0 Å². The van der Waals surface area contributed by atoms with Crippen LogP contribution in [0.4, 0.5) is 4.79 Å². The molecular weight excluding hydrogens is 314 g/mol. The van der Waals surface area contributed by atoms with Crippen molar-refractivity contribution in [3.05, 3.63) is 70.1 Å². The van der Waals surface area contributed by atoms with Crippen molar-refractivity contribution in [3.8, 4) is 0 Å². The van der Waals surface area contributed by atoms with Gasteiger partial charge in [-0.15, -0.1) is 0 Å². The van der Waals surface area contributed by atoms with Gasteiger partial charge < -0.3 is 15.2 Å². The topological polar surface area (TPSA) is 63.1 Å². The number of hydrogen-bond donors (Lipinski definition) is 2. The molecule has 25 heavy (non-hydrogen) atoms. The van der Waals surface area contributed by atoms with Crippen molar-refractivity contribution in [1.82, 2.24) is 15.2 Å². The van der Waals surface area contributed by atoms with E-state index < -0.39 is 0 Å². The summed E-state index contributed by atoms with van der Waals surface area (Å²) in [6, 6.07) is 13.0. The molecule has 0 bridgehead atoms. The van der Waals surface area contributed by atoms with Crippen LogP contribution in [0.15, 0.2) is 53.5 Å². The van der Waals surface area contributed by atoms with Crippen LogP contribution >= 0.6 is 0 Å². The molecule has 0 saturated heterocycles.